The Morgan fingerprint density at radius 3 is 2.50 bits per heavy atom. The molecule has 1 aromatic heterocycles. The van der Waals surface area contributed by atoms with Gasteiger partial charge in [0.05, 0.1) is 23.2 Å². The standard InChI is InChI=1S/C21H22N4O/c1-4-24-17-8-6-5-7-16(17)23-21(24)19-18(26)12-25(20(19)22)15-10-13(2)9-14(3)11-15/h5-11,22,26H,4,12H2,1-3H3. The minimum atomic E-state index is 0.194. The minimum Gasteiger partial charge on any atom is -0.509 e. The molecule has 4 rings (SSSR count). The summed E-state index contributed by atoms with van der Waals surface area (Å²) in [4.78, 5) is 6.54. The number of aliphatic hydroxyl groups excluding tert-OH is 1. The second-order valence-electron chi connectivity index (χ2n) is 6.77. The topological polar surface area (TPSA) is 65.1 Å². The quantitative estimate of drug-likeness (QED) is 0.737. The normalized spacial score (nSPS) is 14.7. The number of rotatable bonds is 3. The van der Waals surface area contributed by atoms with Crippen LogP contribution >= 0.6 is 0 Å². The number of fused-ring (bicyclic) bond motifs is 1. The fourth-order valence-electron chi connectivity index (χ4n) is 3.73. The number of para-hydroxylation sites is 2. The lowest BCUT2D eigenvalue weighted by atomic mass is 10.1. The van der Waals surface area contributed by atoms with Crippen LogP contribution in [0.3, 0.4) is 0 Å². The van der Waals surface area contributed by atoms with Crippen molar-refractivity contribution in [3.8, 4) is 0 Å². The van der Waals surface area contributed by atoms with Gasteiger partial charge in [-0.3, -0.25) is 5.41 Å². The lowest BCUT2D eigenvalue weighted by molar-refractivity contribution is 0.411. The molecule has 26 heavy (non-hydrogen) atoms. The number of amidine groups is 1. The molecule has 0 fully saturated rings. The second-order valence-corrected chi connectivity index (χ2v) is 6.77. The number of nitrogens with one attached hydrogen (secondary N) is 1. The Labute approximate surface area is 152 Å². The zero-order valence-electron chi connectivity index (χ0n) is 15.2. The van der Waals surface area contributed by atoms with Crippen molar-refractivity contribution in [3.05, 3.63) is 65.2 Å². The van der Waals surface area contributed by atoms with Crippen LogP contribution in [0.5, 0.6) is 0 Å². The summed E-state index contributed by atoms with van der Waals surface area (Å²) in [6.45, 7) is 7.16. The first-order valence-corrected chi connectivity index (χ1v) is 8.82. The van der Waals surface area contributed by atoms with Gasteiger partial charge in [0.1, 0.15) is 17.4 Å². The van der Waals surface area contributed by atoms with Gasteiger partial charge in [-0.1, -0.05) is 18.2 Å². The first-order valence-electron chi connectivity index (χ1n) is 8.82. The lowest BCUT2D eigenvalue weighted by Gasteiger charge is -2.20. The number of hydrogen-bond acceptors (Lipinski definition) is 3. The molecule has 0 atom stereocenters. The van der Waals surface area contributed by atoms with E-state index in [1.807, 2.05) is 55.1 Å². The monoisotopic (exact) mass is 346 g/mol. The maximum absolute atomic E-state index is 10.7. The molecule has 1 aliphatic heterocycles. The third-order valence-electron chi connectivity index (χ3n) is 4.82. The third-order valence-corrected chi connectivity index (χ3v) is 4.82. The van der Waals surface area contributed by atoms with E-state index >= 15 is 0 Å². The highest BCUT2D eigenvalue weighted by atomic mass is 16.3. The van der Waals surface area contributed by atoms with Gasteiger partial charge in [0.25, 0.3) is 0 Å². The number of aliphatic hydroxyl groups is 1. The van der Waals surface area contributed by atoms with Crippen molar-refractivity contribution in [2.75, 3.05) is 11.4 Å². The van der Waals surface area contributed by atoms with Crippen molar-refractivity contribution in [2.24, 2.45) is 0 Å². The van der Waals surface area contributed by atoms with Crippen LogP contribution in [0.4, 0.5) is 5.69 Å². The molecule has 2 heterocycles. The average Bonchev–Trinajstić information content (AvgIpc) is 3.10. The first kappa shape index (κ1) is 16.4. The van der Waals surface area contributed by atoms with E-state index < -0.39 is 0 Å². The number of benzene rings is 2. The summed E-state index contributed by atoms with van der Waals surface area (Å²) in [5.74, 6) is 1.14. The van der Waals surface area contributed by atoms with Crippen LogP contribution in [0.2, 0.25) is 0 Å². The molecule has 3 aromatic rings. The SMILES string of the molecule is CCn1c(C2=C(O)CN(c3cc(C)cc(C)c3)C2=N)nc2ccccc21. The molecule has 0 unspecified atom stereocenters. The van der Waals surface area contributed by atoms with E-state index in [-0.39, 0.29) is 11.6 Å². The predicted octanol–water partition coefficient (Wildman–Crippen LogP) is 4.44. The van der Waals surface area contributed by atoms with Gasteiger partial charge < -0.3 is 14.6 Å². The smallest absolute Gasteiger partial charge is 0.148 e. The highest BCUT2D eigenvalue weighted by Gasteiger charge is 2.32. The van der Waals surface area contributed by atoms with Crippen LogP contribution in [0, 0.1) is 19.3 Å². The zero-order valence-corrected chi connectivity index (χ0v) is 15.2. The van der Waals surface area contributed by atoms with Crippen molar-refractivity contribution in [2.45, 2.75) is 27.3 Å². The molecule has 0 saturated carbocycles. The van der Waals surface area contributed by atoms with Crippen LogP contribution in [-0.2, 0) is 6.54 Å². The number of hydrogen-bond donors (Lipinski definition) is 2. The van der Waals surface area contributed by atoms with Crippen molar-refractivity contribution in [1.29, 1.82) is 5.41 Å². The van der Waals surface area contributed by atoms with E-state index in [4.69, 9.17) is 10.4 Å². The summed E-state index contributed by atoms with van der Waals surface area (Å²) >= 11 is 0. The Balaban J connectivity index is 1.81. The largest absolute Gasteiger partial charge is 0.509 e. The summed E-state index contributed by atoms with van der Waals surface area (Å²) < 4.78 is 2.06. The number of anilines is 1. The molecule has 2 aromatic carbocycles. The maximum Gasteiger partial charge on any atom is 0.148 e. The molecule has 5 heteroatoms. The number of imidazole rings is 1. The van der Waals surface area contributed by atoms with E-state index in [9.17, 15) is 5.11 Å². The Hall–Kier alpha value is -3.08. The Kier molecular flexibility index (Phi) is 3.80. The Morgan fingerprint density at radius 1 is 1.12 bits per heavy atom. The molecule has 0 aliphatic carbocycles. The van der Waals surface area contributed by atoms with Gasteiger partial charge in [0.2, 0.25) is 0 Å². The van der Waals surface area contributed by atoms with Gasteiger partial charge in [-0.05, 0) is 56.2 Å². The van der Waals surface area contributed by atoms with Gasteiger partial charge in [-0.15, -0.1) is 0 Å². The second kappa shape index (κ2) is 6.02. The summed E-state index contributed by atoms with van der Waals surface area (Å²) in [6, 6.07) is 14.1. The fraction of sp³-hybridized carbons (Fsp3) is 0.238. The number of aromatic nitrogens is 2. The summed E-state index contributed by atoms with van der Waals surface area (Å²) in [7, 11) is 0. The third kappa shape index (κ3) is 2.47. The molecule has 2 N–H and O–H groups in total. The summed E-state index contributed by atoms with van der Waals surface area (Å²) in [5, 5.41) is 19.4. The molecule has 0 bridgehead atoms. The van der Waals surface area contributed by atoms with Crippen molar-refractivity contribution in [3.63, 3.8) is 0 Å². The molecule has 1 aliphatic rings. The molecular weight excluding hydrogens is 324 g/mol. The van der Waals surface area contributed by atoms with Crippen LogP contribution < -0.4 is 4.90 Å². The minimum absolute atomic E-state index is 0.194. The van der Waals surface area contributed by atoms with Crippen molar-refractivity contribution in [1.82, 2.24) is 9.55 Å². The molecule has 0 radical (unpaired) electrons. The lowest BCUT2D eigenvalue weighted by Crippen LogP contribution is -2.26. The first-order chi connectivity index (χ1) is 12.5. The van der Waals surface area contributed by atoms with E-state index in [1.54, 1.807) is 0 Å². The fourth-order valence-corrected chi connectivity index (χ4v) is 3.73. The van der Waals surface area contributed by atoms with Gasteiger partial charge >= 0.3 is 0 Å². The van der Waals surface area contributed by atoms with Gasteiger partial charge in [-0.25, -0.2) is 4.98 Å². The Bertz CT molecular complexity index is 1040. The molecule has 132 valence electrons. The molecular formula is C21H22N4O. The van der Waals surface area contributed by atoms with E-state index in [2.05, 4.69) is 17.6 Å². The molecule has 5 nitrogen and oxygen atoms in total. The van der Waals surface area contributed by atoms with Gasteiger partial charge in [0, 0.05) is 12.2 Å². The van der Waals surface area contributed by atoms with Crippen LogP contribution in [-0.4, -0.2) is 27.0 Å². The number of aryl methyl sites for hydroxylation is 3. The van der Waals surface area contributed by atoms with Crippen molar-refractivity contribution < 1.29 is 5.11 Å². The highest BCUT2D eigenvalue weighted by molar-refractivity contribution is 6.30. The zero-order chi connectivity index (χ0) is 18.4. The molecule has 0 saturated heterocycles. The van der Waals surface area contributed by atoms with Crippen LogP contribution in [0.15, 0.2) is 48.2 Å². The highest BCUT2D eigenvalue weighted by Crippen LogP contribution is 2.33. The van der Waals surface area contributed by atoms with E-state index in [0.717, 1.165) is 34.4 Å². The van der Waals surface area contributed by atoms with Gasteiger partial charge in [0.15, 0.2) is 0 Å². The maximum atomic E-state index is 10.7. The van der Waals surface area contributed by atoms with E-state index in [0.29, 0.717) is 17.9 Å². The molecule has 0 amide bonds. The van der Waals surface area contributed by atoms with E-state index in [1.165, 1.54) is 0 Å². The summed E-state index contributed by atoms with van der Waals surface area (Å²) in [5.41, 5.74) is 5.61. The predicted molar refractivity (Wildman–Crippen MR) is 106 cm³/mol. The number of nitrogens with zero attached hydrogens (tertiary/aromatic N) is 3. The Morgan fingerprint density at radius 2 is 1.81 bits per heavy atom. The van der Waals surface area contributed by atoms with Crippen LogP contribution in [0.25, 0.3) is 16.6 Å². The van der Waals surface area contributed by atoms with Crippen molar-refractivity contribution >= 4 is 28.1 Å². The van der Waals surface area contributed by atoms with Gasteiger partial charge in [-0.2, -0.15) is 0 Å². The summed E-state index contributed by atoms with van der Waals surface area (Å²) in [6.07, 6.45) is 0. The molecule has 0 spiro atoms. The van der Waals surface area contributed by atoms with Crippen LogP contribution in [0.1, 0.15) is 23.9 Å². The average molecular weight is 346 g/mol.